The van der Waals surface area contributed by atoms with Gasteiger partial charge >= 0.3 is 0 Å². The van der Waals surface area contributed by atoms with Crippen LogP contribution in [0.2, 0.25) is 15.1 Å². The van der Waals surface area contributed by atoms with Crippen molar-refractivity contribution >= 4 is 80.8 Å². The molecule has 0 saturated carbocycles. The van der Waals surface area contributed by atoms with Crippen LogP contribution in [0.15, 0.2) is 47.4 Å². The minimum absolute atomic E-state index is 0.224. The van der Waals surface area contributed by atoms with E-state index < -0.39 is 0 Å². The lowest BCUT2D eigenvalue weighted by Crippen LogP contribution is -2.27. The third-order valence-corrected chi connectivity index (χ3v) is 5.33. The number of carbonyl (C=O) groups is 1. The van der Waals surface area contributed by atoms with E-state index in [0.717, 1.165) is 0 Å². The molecule has 1 aliphatic rings. The van der Waals surface area contributed by atoms with Crippen LogP contribution in [0.1, 0.15) is 5.56 Å². The average molecular weight is 401 g/mol. The molecule has 1 amide bonds. The van der Waals surface area contributed by atoms with Crippen LogP contribution in [0, 0.1) is 0 Å². The Kier molecular flexibility index (Phi) is 4.99. The molecule has 23 heavy (non-hydrogen) atoms. The summed E-state index contributed by atoms with van der Waals surface area (Å²) < 4.78 is 0.437. The van der Waals surface area contributed by atoms with E-state index in [2.05, 4.69) is 0 Å². The second kappa shape index (κ2) is 6.83. The van der Waals surface area contributed by atoms with Gasteiger partial charge < -0.3 is 0 Å². The summed E-state index contributed by atoms with van der Waals surface area (Å²) in [5.41, 5.74) is 1.23. The number of nitrogens with zero attached hydrogens (tertiary/aromatic N) is 1. The van der Waals surface area contributed by atoms with Gasteiger partial charge in [0, 0.05) is 20.6 Å². The van der Waals surface area contributed by atoms with Crippen molar-refractivity contribution in [3.8, 4) is 0 Å². The molecule has 1 heterocycles. The topological polar surface area (TPSA) is 20.3 Å². The number of carbonyl (C=O) groups excluding carboxylic acids is 1. The minimum atomic E-state index is -0.224. The summed E-state index contributed by atoms with van der Waals surface area (Å²) in [7, 11) is 0. The number of thiocarbonyl (C=S) groups is 1. The molecule has 3 rings (SSSR count). The molecule has 0 radical (unpaired) electrons. The van der Waals surface area contributed by atoms with Crippen LogP contribution in [0.4, 0.5) is 5.69 Å². The van der Waals surface area contributed by atoms with E-state index >= 15 is 0 Å². The van der Waals surface area contributed by atoms with Gasteiger partial charge in [-0.15, -0.1) is 0 Å². The monoisotopic (exact) mass is 399 g/mol. The third kappa shape index (κ3) is 3.42. The molecule has 0 N–H and O–H groups in total. The van der Waals surface area contributed by atoms with E-state index in [1.807, 2.05) is 0 Å². The molecule has 0 atom stereocenters. The maximum absolute atomic E-state index is 12.7. The highest BCUT2D eigenvalue weighted by atomic mass is 35.5. The first-order chi connectivity index (χ1) is 11.0. The number of hydrogen-bond acceptors (Lipinski definition) is 3. The molecule has 1 aliphatic heterocycles. The molecular formula is C16H8Cl3NOS2. The van der Waals surface area contributed by atoms with E-state index in [4.69, 9.17) is 47.0 Å². The maximum atomic E-state index is 12.7. The fourth-order valence-corrected chi connectivity index (χ4v) is 4.06. The van der Waals surface area contributed by atoms with Gasteiger partial charge in [0.15, 0.2) is 4.32 Å². The third-order valence-electron chi connectivity index (χ3n) is 3.14. The predicted molar refractivity (Wildman–Crippen MR) is 104 cm³/mol. The molecular weight excluding hydrogens is 393 g/mol. The zero-order valence-electron chi connectivity index (χ0n) is 11.4. The molecule has 2 nitrogen and oxygen atoms in total. The largest absolute Gasteiger partial charge is 0.270 e. The number of thioether (sulfide) groups is 1. The first-order valence-corrected chi connectivity index (χ1v) is 8.81. The van der Waals surface area contributed by atoms with Crippen LogP contribution in [-0.4, -0.2) is 10.2 Å². The molecule has 2 aromatic rings. The van der Waals surface area contributed by atoms with Crippen molar-refractivity contribution in [1.29, 1.82) is 0 Å². The van der Waals surface area contributed by atoms with Crippen molar-refractivity contribution in [3.63, 3.8) is 0 Å². The highest BCUT2D eigenvalue weighted by Crippen LogP contribution is 2.38. The maximum Gasteiger partial charge on any atom is 0.270 e. The van der Waals surface area contributed by atoms with Gasteiger partial charge in [-0.1, -0.05) is 70.9 Å². The Morgan fingerprint density at radius 3 is 2.35 bits per heavy atom. The lowest BCUT2D eigenvalue weighted by molar-refractivity contribution is -0.113. The number of hydrogen-bond donors (Lipinski definition) is 0. The number of rotatable bonds is 2. The van der Waals surface area contributed by atoms with Crippen molar-refractivity contribution in [3.05, 3.63) is 68.0 Å². The zero-order valence-corrected chi connectivity index (χ0v) is 15.3. The summed E-state index contributed by atoms with van der Waals surface area (Å²) in [6.45, 7) is 0. The summed E-state index contributed by atoms with van der Waals surface area (Å²) in [5.74, 6) is -0.224. The van der Waals surface area contributed by atoms with Gasteiger partial charge in [0.2, 0.25) is 0 Å². The van der Waals surface area contributed by atoms with Gasteiger partial charge in [-0.05, 0) is 36.4 Å². The lowest BCUT2D eigenvalue weighted by Gasteiger charge is -2.14. The molecule has 0 aliphatic carbocycles. The summed E-state index contributed by atoms with van der Waals surface area (Å²) in [4.78, 5) is 14.6. The Labute approximate surface area is 158 Å². The Bertz CT molecular complexity index is 831. The van der Waals surface area contributed by atoms with Crippen molar-refractivity contribution in [2.75, 3.05) is 4.90 Å². The fraction of sp³-hybridized carbons (Fsp3) is 0. The van der Waals surface area contributed by atoms with Crippen LogP contribution >= 0.6 is 58.8 Å². The molecule has 2 aromatic carbocycles. The Balaban J connectivity index is 2.00. The van der Waals surface area contributed by atoms with E-state index in [1.165, 1.54) is 16.7 Å². The molecule has 0 unspecified atom stereocenters. The Morgan fingerprint density at radius 1 is 1.04 bits per heavy atom. The zero-order chi connectivity index (χ0) is 16.6. The highest BCUT2D eigenvalue weighted by molar-refractivity contribution is 8.27. The molecule has 0 aromatic heterocycles. The second-order valence-corrected chi connectivity index (χ2v) is 7.56. The first-order valence-electron chi connectivity index (χ1n) is 6.45. The summed E-state index contributed by atoms with van der Waals surface area (Å²) in [6.07, 6.45) is 1.66. The van der Waals surface area contributed by atoms with Crippen LogP contribution in [0.3, 0.4) is 0 Å². The highest BCUT2D eigenvalue weighted by Gasteiger charge is 2.33. The van der Waals surface area contributed by atoms with Gasteiger partial charge in [-0.3, -0.25) is 9.69 Å². The van der Waals surface area contributed by atoms with Gasteiger partial charge in [-0.25, -0.2) is 0 Å². The summed E-state index contributed by atoms with van der Waals surface area (Å²) >= 11 is 24.8. The van der Waals surface area contributed by atoms with Gasteiger partial charge in [0.05, 0.1) is 10.6 Å². The number of amides is 1. The van der Waals surface area contributed by atoms with Crippen molar-refractivity contribution in [1.82, 2.24) is 0 Å². The molecule has 116 valence electrons. The van der Waals surface area contributed by atoms with Crippen molar-refractivity contribution in [2.24, 2.45) is 0 Å². The fourth-order valence-electron chi connectivity index (χ4n) is 2.09. The Morgan fingerprint density at radius 2 is 1.70 bits per heavy atom. The van der Waals surface area contributed by atoms with Gasteiger partial charge in [-0.2, -0.15) is 0 Å². The van der Waals surface area contributed by atoms with Crippen LogP contribution in [0.5, 0.6) is 0 Å². The lowest BCUT2D eigenvalue weighted by atomic mass is 10.2. The number of benzene rings is 2. The summed E-state index contributed by atoms with van der Waals surface area (Å²) in [6, 6.07) is 12.2. The average Bonchev–Trinajstić information content (AvgIpc) is 2.77. The first kappa shape index (κ1) is 16.8. The molecule has 1 saturated heterocycles. The molecule has 0 spiro atoms. The smallest absolute Gasteiger partial charge is 0.268 e. The second-order valence-electron chi connectivity index (χ2n) is 4.63. The SMILES string of the molecule is O=C1/C(=C/c2c(Cl)cccc2Cl)SC(=S)N1c1cccc(Cl)c1. The predicted octanol–water partition coefficient (Wildman–Crippen LogP) is 6.05. The van der Waals surface area contributed by atoms with E-state index in [0.29, 0.717) is 35.5 Å². The molecule has 1 fully saturated rings. The quantitative estimate of drug-likeness (QED) is 0.452. The summed E-state index contributed by atoms with van der Waals surface area (Å²) in [5, 5.41) is 1.49. The molecule has 0 bridgehead atoms. The normalized spacial score (nSPS) is 16.5. The van der Waals surface area contributed by atoms with E-state index in [1.54, 1.807) is 48.5 Å². The van der Waals surface area contributed by atoms with Crippen molar-refractivity contribution in [2.45, 2.75) is 0 Å². The van der Waals surface area contributed by atoms with E-state index in [9.17, 15) is 4.79 Å². The van der Waals surface area contributed by atoms with E-state index in [-0.39, 0.29) is 5.91 Å². The van der Waals surface area contributed by atoms with Crippen LogP contribution in [-0.2, 0) is 4.79 Å². The Hall–Kier alpha value is -1.04. The number of halogens is 3. The standard InChI is InChI=1S/C16H8Cl3NOS2/c17-9-3-1-4-10(7-9)20-15(21)14(23-16(20)22)8-11-12(18)5-2-6-13(11)19/h1-8H/b14-8-. The number of anilines is 1. The van der Waals surface area contributed by atoms with Gasteiger partial charge in [0.25, 0.3) is 5.91 Å². The van der Waals surface area contributed by atoms with Gasteiger partial charge in [0.1, 0.15) is 0 Å². The van der Waals surface area contributed by atoms with Crippen LogP contribution in [0.25, 0.3) is 6.08 Å². The van der Waals surface area contributed by atoms with Crippen molar-refractivity contribution < 1.29 is 4.79 Å². The minimum Gasteiger partial charge on any atom is -0.268 e. The molecule has 7 heteroatoms. The van der Waals surface area contributed by atoms with Crippen LogP contribution < -0.4 is 4.90 Å².